The van der Waals surface area contributed by atoms with Crippen LogP contribution in [0.5, 0.6) is 0 Å². The van der Waals surface area contributed by atoms with Gasteiger partial charge in [0.15, 0.2) is 0 Å². The molecular weight excluding hydrogens is 313 g/mol. The number of rotatable bonds is 3. The van der Waals surface area contributed by atoms with Gasteiger partial charge in [0, 0.05) is 18.0 Å². The van der Waals surface area contributed by atoms with Crippen LogP contribution in [0.1, 0.15) is 19.3 Å². The lowest BCUT2D eigenvalue weighted by molar-refractivity contribution is -0.142. The van der Waals surface area contributed by atoms with E-state index in [0.29, 0.717) is 18.2 Å². The fraction of sp³-hybridized carbons (Fsp3) is 0.357. The summed E-state index contributed by atoms with van der Waals surface area (Å²) in [6.07, 6.45) is 1.52. The average Bonchev–Trinajstić information content (AvgIpc) is 2.91. The van der Waals surface area contributed by atoms with Crippen LogP contribution in [0.25, 0.3) is 11.0 Å². The lowest BCUT2D eigenvalue weighted by atomic mass is 10.1. The van der Waals surface area contributed by atoms with E-state index in [4.69, 9.17) is 4.42 Å². The molecule has 2 aromatic rings. The Labute approximate surface area is 126 Å². The molecule has 3 rings (SSSR count). The van der Waals surface area contributed by atoms with Crippen molar-refractivity contribution < 1.29 is 27.1 Å². The van der Waals surface area contributed by atoms with E-state index in [9.17, 15) is 22.7 Å². The molecule has 1 N–H and O–H groups in total. The molecule has 22 heavy (non-hydrogen) atoms. The molecule has 0 saturated carbocycles. The Balaban J connectivity index is 2.04. The van der Waals surface area contributed by atoms with Crippen molar-refractivity contribution in [3.05, 3.63) is 30.1 Å². The maximum Gasteiger partial charge on any atom is 0.322 e. The molecule has 0 amide bonds. The first-order chi connectivity index (χ1) is 10.4. The van der Waals surface area contributed by atoms with Gasteiger partial charge in [0.2, 0.25) is 5.09 Å². The van der Waals surface area contributed by atoms with Gasteiger partial charge in [0.05, 0.1) is 0 Å². The topological polar surface area (TPSA) is 87.8 Å². The summed E-state index contributed by atoms with van der Waals surface area (Å²) in [5, 5.41) is 9.17. The highest BCUT2D eigenvalue weighted by atomic mass is 32.2. The molecule has 0 bridgehead atoms. The van der Waals surface area contributed by atoms with E-state index in [1.54, 1.807) is 0 Å². The van der Waals surface area contributed by atoms with E-state index in [-0.39, 0.29) is 23.6 Å². The van der Waals surface area contributed by atoms with Gasteiger partial charge in [-0.25, -0.2) is 12.8 Å². The molecule has 0 radical (unpaired) electrons. The minimum atomic E-state index is -4.07. The summed E-state index contributed by atoms with van der Waals surface area (Å²) < 4.78 is 44.7. The summed E-state index contributed by atoms with van der Waals surface area (Å²) in [5.41, 5.74) is 0.240. The number of hydrogen-bond acceptors (Lipinski definition) is 4. The third-order valence-corrected chi connectivity index (χ3v) is 5.52. The Kier molecular flexibility index (Phi) is 3.65. The first-order valence-corrected chi connectivity index (χ1v) is 8.27. The molecule has 1 aliphatic heterocycles. The van der Waals surface area contributed by atoms with E-state index >= 15 is 0 Å². The van der Waals surface area contributed by atoms with Crippen molar-refractivity contribution in [1.82, 2.24) is 4.31 Å². The van der Waals surface area contributed by atoms with E-state index < -0.39 is 27.9 Å². The van der Waals surface area contributed by atoms with Gasteiger partial charge >= 0.3 is 5.97 Å². The molecule has 1 atom stereocenters. The number of carboxylic acid groups (broad SMARTS) is 1. The molecule has 6 nitrogen and oxygen atoms in total. The second-order valence-corrected chi connectivity index (χ2v) is 7.03. The van der Waals surface area contributed by atoms with E-state index in [1.165, 1.54) is 24.3 Å². The van der Waals surface area contributed by atoms with Crippen LogP contribution < -0.4 is 0 Å². The first kappa shape index (κ1) is 15.0. The van der Waals surface area contributed by atoms with Crippen molar-refractivity contribution in [3.8, 4) is 0 Å². The quantitative estimate of drug-likeness (QED) is 0.934. The summed E-state index contributed by atoms with van der Waals surface area (Å²) in [7, 11) is -4.07. The predicted molar refractivity (Wildman–Crippen MR) is 75.3 cm³/mol. The molecule has 1 aromatic heterocycles. The largest absolute Gasteiger partial charge is 0.480 e. The highest BCUT2D eigenvalue weighted by Crippen LogP contribution is 2.29. The van der Waals surface area contributed by atoms with Crippen LogP contribution in [-0.2, 0) is 14.8 Å². The Bertz CT molecular complexity index is 829. The zero-order chi connectivity index (χ0) is 15.9. The Morgan fingerprint density at radius 2 is 2.09 bits per heavy atom. The number of hydrogen-bond donors (Lipinski definition) is 1. The van der Waals surface area contributed by atoms with Crippen LogP contribution in [0.3, 0.4) is 0 Å². The molecule has 2 heterocycles. The summed E-state index contributed by atoms with van der Waals surface area (Å²) in [6.45, 7) is 0.130. The van der Waals surface area contributed by atoms with Gasteiger partial charge < -0.3 is 9.52 Å². The van der Waals surface area contributed by atoms with Gasteiger partial charge in [0.1, 0.15) is 17.4 Å². The Morgan fingerprint density at radius 1 is 1.32 bits per heavy atom. The Morgan fingerprint density at radius 3 is 2.82 bits per heavy atom. The van der Waals surface area contributed by atoms with Crippen LogP contribution >= 0.6 is 0 Å². The number of carboxylic acids is 1. The number of sulfonamides is 1. The zero-order valence-electron chi connectivity index (χ0n) is 11.5. The molecule has 1 saturated heterocycles. The van der Waals surface area contributed by atoms with Gasteiger partial charge in [-0.2, -0.15) is 4.31 Å². The normalized spacial score (nSPS) is 20.3. The highest BCUT2D eigenvalue weighted by Gasteiger charge is 2.39. The summed E-state index contributed by atoms with van der Waals surface area (Å²) in [4.78, 5) is 11.3. The van der Waals surface area contributed by atoms with Crippen molar-refractivity contribution in [2.45, 2.75) is 30.4 Å². The van der Waals surface area contributed by atoms with E-state index in [1.807, 2.05) is 0 Å². The second kappa shape index (κ2) is 5.36. The fourth-order valence-electron chi connectivity index (χ4n) is 2.67. The number of nitrogens with zero attached hydrogens (tertiary/aromatic N) is 1. The van der Waals surface area contributed by atoms with Crippen molar-refractivity contribution in [2.24, 2.45) is 0 Å². The van der Waals surface area contributed by atoms with Gasteiger partial charge in [0.25, 0.3) is 10.0 Å². The van der Waals surface area contributed by atoms with Gasteiger partial charge in [-0.15, -0.1) is 0 Å². The van der Waals surface area contributed by atoms with Gasteiger partial charge in [-0.1, -0.05) is 0 Å². The zero-order valence-corrected chi connectivity index (χ0v) is 12.3. The molecule has 8 heteroatoms. The standard InChI is InChI=1S/C14H14FNO5S/c15-10-4-5-12-9(7-10)8-13(21-12)22(19,20)16-6-2-1-3-11(16)14(17)18/h4-5,7-8,11H,1-3,6H2,(H,17,18). The summed E-state index contributed by atoms with van der Waals surface area (Å²) in [6, 6.07) is 3.81. The molecule has 118 valence electrons. The maximum absolute atomic E-state index is 13.2. The molecule has 0 aliphatic carbocycles. The molecule has 1 unspecified atom stereocenters. The monoisotopic (exact) mass is 327 g/mol. The number of furan rings is 1. The predicted octanol–water partition coefficient (Wildman–Crippen LogP) is 2.20. The maximum atomic E-state index is 13.2. The molecule has 1 aromatic carbocycles. The molecule has 1 aliphatic rings. The summed E-state index contributed by atoms with van der Waals surface area (Å²) in [5.74, 6) is -1.68. The van der Waals surface area contributed by atoms with Crippen LogP contribution in [0, 0.1) is 5.82 Å². The van der Waals surface area contributed by atoms with Crippen LogP contribution in [-0.4, -0.2) is 36.4 Å². The second-order valence-electron chi connectivity index (χ2n) is 5.21. The average molecular weight is 327 g/mol. The lowest BCUT2D eigenvalue weighted by Crippen LogP contribution is -2.47. The number of carbonyl (C=O) groups is 1. The number of halogens is 1. The lowest BCUT2D eigenvalue weighted by Gasteiger charge is -2.30. The molecular formula is C14H14FNO5S. The third kappa shape index (κ3) is 2.48. The number of benzene rings is 1. The minimum Gasteiger partial charge on any atom is -0.480 e. The van der Waals surface area contributed by atoms with Gasteiger partial charge in [-0.3, -0.25) is 4.79 Å². The van der Waals surface area contributed by atoms with Crippen molar-refractivity contribution in [3.63, 3.8) is 0 Å². The number of fused-ring (bicyclic) bond motifs is 1. The highest BCUT2D eigenvalue weighted by molar-refractivity contribution is 7.89. The van der Waals surface area contributed by atoms with Crippen molar-refractivity contribution in [1.29, 1.82) is 0 Å². The first-order valence-electron chi connectivity index (χ1n) is 6.83. The summed E-state index contributed by atoms with van der Waals surface area (Å²) >= 11 is 0. The minimum absolute atomic E-state index is 0.130. The third-order valence-electron chi connectivity index (χ3n) is 3.76. The Hall–Kier alpha value is -1.93. The van der Waals surface area contributed by atoms with Crippen LogP contribution in [0.4, 0.5) is 4.39 Å². The van der Waals surface area contributed by atoms with E-state index in [2.05, 4.69) is 0 Å². The van der Waals surface area contributed by atoms with Crippen LogP contribution in [0.2, 0.25) is 0 Å². The van der Waals surface area contributed by atoms with Crippen molar-refractivity contribution in [2.75, 3.05) is 6.54 Å². The molecule has 1 fully saturated rings. The number of piperidine rings is 1. The molecule has 0 spiro atoms. The van der Waals surface area contributed by atoms with Crippen molar-refractivity contribution >= 4 is 27.0 Å². The number of aliphatic carboxylic acids is 1. The fourth-order valence-corrected chi connectivity index (χ4v) is 4.27. The smallest absolute Gasteiger partial charge is 0.322 e. The van der Waals surface area contributed by atoms with Crippen LogP contribution in [0.15, 0.2) is 33.8 Å². The SMILES string of the molecule is O=C(O)C1CCCCN1S(=O)(=O)c1cc2cc(F)ccc2o1. The van der Waals surface area contributed by atoms with Gasteiger partial charge in [-0.05, 0) is 37.5 Å². The van der Waals surface area contributed by atoms with E-state index in [0.717, 1.165) is 4.31 Å².